The molecule has 0 bridgehead atoms. The van der Waals surface area contributed by atoms with Crippen LogP contribution in [0.3, 0.4) is 0 Å². The van der Waals surface area contributed by atoms with E-state index in [1.807, 2.05) is 24.3 Å². The van der Waals surface area contributed by atoms with Gasteiger partial charge in [-0.1, -0.05) is 6.42 Å². The molecular weight excluding hydrogens is 236 g/mol. The van der Waals surface area contributed by atoms with Gasteiger partial charge < -0.3 is 10.5 Å². The highest BCUT2D eigenvalue weighted by Gasteiger charge is 2.33. The summed E-state index contributed by atoms with van der Waals surface area (Å²) < 4.78 is 5.97. The van der Waals surface area contributed by atoms with Gasteiger partial charge in [0.15, 0.2) is 0 Å². The molecule has 3 heteroatoms. The Morgan fingerprint density at radius 2 is 1.84 bits per heavy atom. The van der Waals surface area contributed by atoms with Crippen LogP contribution in [0.2, 0.25) is 0 Å². The summed E-state index contributed by atoms with van der Waals surface area (Å²) in [5.41, 5.74) is 6.49. The minimum Gasteiger partial charge on any atom is -0.493 e. The van der Waals surface area contributed by atoms with Crippen molar-refractivity contribution < 1.29 is 4.74 Å². The summed E-state index contributed by atoms with van der Waals surface area (Å²) in [7, 11) is 0. The SMILES string of the molecule is Nc1ccc(OC[C@H]2CCCN3CCCC[C@@H]23)cc1. The molecule has 2 N–H and O–H groups in total. The molecule has 0 radical (unpaired) electrons. The molecule has 0 aliphatic carbocycles. The molecule has 0 aromatic heterocycles. The second-order valence-corrected chi connectivity index (χ2v) is 5.88. The highest BCUT2D eigenvalue weighted by molar-refractivity contribution is 5.41. The van der Waals surface area contributed by atoms with Gasteiger partial charge in [-0.05, 0) is 63.0 Å². The number of ether oxygens (including phenoxy) is 1. The van der Waals surface area contributed by atoms with E-state index in [0.717, 1.165) is 24.1 Å². The molecule has 104 valence electrons. The van der Waals surface area contributed by atoms with Gasteiger partial charge in [-0.15, -0.1) is 0 Å². The molecule has 2 atom stereocenters. The summed E-state index contributed by atoms with van der Waals surface area (Å²) >= 11 is 0. The van der Waals surface area contributed by atoms with Crippen molar-refractivity contribution in [1.82, 2.24) is 4.90 Å². The maximum atomic E-state index is 5.97. The van der Waals surface area contributed by atoms with Crippen molar-refractivity contribution in [3.8, 4) is 5.75 Å². The first kappa shape index (κ1) is 12.8. The standard InChI is InChI=1S/C16H24N2O/c17-14-6-8-15(9-7-14)19-12-13-4-3-11-18-10-2-1-5-16(13)18/h6-9,13,16H,1-5,10-12,17H2/t13-,16+/m1/s1. The van der Waals surface area contributed by atoms with Gasteiger partial charge in [0, 0.05) is 17.6 Å². The number of nitrogens with zero attached hydrogens (tertiary/aromatic N) is 1. The van der Waals surface area contributed by atoms with E-state index < -0.39 is 0 Å². The van der Waals surface area contributed by atoms with Crippen LogP contribution in [-0.2, 0) is 0 Å². The van der Waals surface area contributed by atoms with Gasteiger partial charge >= 0.3 is 0 Å². The Bertz CT molecular complexity index is 402. The predicted octanol–water partition coefficient (Wildman–Crippen LogP) is 2.91. The van der Waals surface area contributed by atoms with Gasteiger partial charge in [0.1, 0.15) is 5.75 Å². The number of fused-ring (bicyclic) bond motifs is 1. The first-order valence-electron chi connectivity index (χ1n) is 7.55. The summed E-state index contributed by atoms with van der Waals surface area (Å²) in [6.45, 7) is 3.44. The number of rotatable bonds is 3. The summed E-state index contributed by atoms with van der Waals surface area (Å²) in [6.07, 6.45) is 6.76. The Kier molecular flexibility index (Phi) is 3.92. The third-order valence-electron chi connectivity index (χ3n) is 4.57. The van der Waals surface area contributed by atoms with Crippen LogP contribution in [-0.4, -0.2) is 30.6 Å². The zero-order valence-electron chi connectivity index (χ0n) is 11.6. The number of anilines is 1. The van der Waals surface area contributed by atoms with Crippen LogP contribution in [0, 0.1) is 5.92 Å². The molecular formula is C16H24N2O. The van der Waals surface area contributed by atoms with Crippen molar-refractivity contribution in [1.29, 1.82) is 0 Å². The highest BCUT2D eigenvalue weighted by Crippen LogP contribution is 2.31. The first-order valence-corrected chi connectivity index (χ1v) is 7.55. The van der Waals surface area contributed by atoms with Crippen LogP contribution in [0.5, 0.6) is 5.75 Å². The van der Waals surface area contributed by atoms with Crippen LogP contribution in [0.4, 0.5) is 5.69 Å². The van der Waals surface area contributed by atoms with Crippen molar-refractivity contribution in [3.05, 3.63) is 24.3 Å². The summed E-state index contributed by atoms with van der Waals surface area (Å²) in [4.78, 5) is 2.68. The molecule has 19 heavy (non-hydrogen) atoms. The second-order valence-electron chi connectivity index (χ2n) is 5.88. The fourth-order valence-electron chi connectivity index (χ4n) is 3.54. The van der Waals surface area contributed by atoms with Crippen LogP contribution in [0.25, 0.3) is 0 Å². The van der Waals surface area contributed by atoms with E-state index in [9.17, 15) is 0 Å². The van der Waals surface area contributed by atoms with Crippen LogP contribution in [0.15, 0.2) is 24.3 Å². The molecule has 2 saturated heterocycles. The molecule has 3 rings (SSSR count). The van der Waals surface area contributed by atoms with Crippen molar-refractivity contribution in [2.75, 3.05) is 25.4 Å². The van der Waals surface area contributed by atoms with E-state index in [4.69, 9.17) is 10.5 Å². The van der Waals surface area contributed by atoms with Crippen LogP contribution < -0.4 is 10.5 Å². The smallest absolute Gasteiger partial charge is 0.119 e. The fraction of sp³-hybridized carbons (Fsp3) is 0.625. The molecule has 0 saturated carbocycles. The number of piperidine rings is 2. The molecule has 3 nitrogen and oxygen atoms in total. The normalized spacial score (nSPS) is 27.8. The number of nitrogen functional groups attached to an aromatic ring is 1. The quantitative estimate of drug-likeness (QED) is 0.849. The molecule has 2 fully saturated rings. The number of nitrogens with two attached hydrogens (primary N) is 1. The average molecular weight is 260 g/mol. The molecule has 0 spiro atoms. The maximum absolute atomic E-state index is 5.97. The second kappa shape index (κ2) is 5.83. The Balaban J connectivity index is 1.57. The van der Waals surface area contributed by atoms with Crippen LogP contribution in [0.1, 0.15) is 32.1 Å². The Morgan fingerprint density at radius 3 is 2.68 bits per heavy atom. The molecule has 2 heterocycles. The fourth-order valence-corrected chi connectivity index (χ4v) is 3.54. The summed E-state index contributed by atoms with van der Waals surface area (Å²) in [5, 5.41) is 0. The Hall–Kier alpha value is -1.22. The lowest BCUT2D eigenvalue weighted by Gasteiger charge is -2.44. The van der Waals surface area contributed by atoms with E-state index in [2.05, 4.69) is 4.90 Å². The molecule has 2 aliphatic heterocycles. The number of hydrogen-bond acceptors (Lipinski definition) is 3. The summed E-state index contributed by atoms with van der Waals surface area (Å²) in [5.74, 6) is 1.65. The topological polar surface area (TPSA) is 38.5 Å². The van der Waals surface area contributed by atoms with Gasteiger partial charge in [-0.25, -0.2) is 0 Å². The average Bonchev–Trinajstić information content (AvgIpc) is 2.47. The maximum Gasteiger partial charge on any atom is 0.119 e. The van der Waals surface area contributed by atoms with Gasteiger partial charge in [0.25, 0.3) is 0 Å². The summed E-state index contributed by atoms with van der Waals surface area (Å²) in [6, 6.07) is 8.51. The van der Waals surface area contributed by atoms with E-state index in [0.29, 0.717) is 5.92 Å². The van der Waals surface area contributed by atoms with Gasteiger partial charge in [-0.3, -0.25) is 4.90 Å². The molecule has 2 aliphatic rings. The van der Waals surface area contributed by atoms with Crippen molar-refractivity contribution >= 4 is 5.69 Å². The van der Waals surface area contributed by atoms with Gasteiger partial charge in [-0.2, -0.15) is 0 Å². The van der Waals surface area contributed by atoms with E-state index >= 15 is 0 Å². The third kappa shape index (κ3) is 3.03. The van der Waals surface area contributed by atoms with Gasteiger partial charge in [0.05, 0.1) is 6.61 Å². The number of hydrogen-bond donors (Lipinski definition) is 1. The highest BCUT2D eigenvalue weighted by atomic mass is 16.5. The van der Waals surface area contributed by atoms with E-state index in [1.165, 1.54) is 45.2 Å². The first-order chi connectivity index (χ1) is 9.33. The molecule has 1 aromatic rings. The molecule has 0 amide bonds. The van der Waals surface area contributed by atoms with E-state index in [-0.39, 0.29) is 0 Å². The van der Waals surface area contributed by atoms with Crippen molar-refractivity contribution in [2.24, 2.45) is 5.92 Å². The van der Waals surface area contributed by atoms with E-state index in [1.54, 1.807) is 0 Å². The third-order valence-corrected chi connectivity index (χ3v) is 4.57. The monoisotopic (exact) mass is 260 g/mol. The van der Waals surface area contributed by atoms with Crippen molar-refractivity contribution in [2.45, 2.75) is 38.1 Å². The lowest BCUT2D eigenvalue weighted by atomic mass is 9.84. The zero-order valence-corrected chi connectivity index (χ0v) is 11.6. The van der Waals surface area contributed by atoms with Crippen LogP contribution >= 0.6 is 0 Å². The zero-order chi connectivity index (χ0) is 13.1. The molecule has 1 aromatic carbocycles. The minimum atomic E-state index is 0.701. The van der Waals surface area contributed by atoms with Crippen molar-refractivity contribution in [3.63, 3.8) is 0 Å². The number of benzene rings is 1. The Morgan fingerprint density at radius 1 is 1.05 bits per heavy atom. The largest absolute Gasteiger partial charge is 0.493 e. The minimum absolute atomic E-state index is 0.701. The lowest BCUT2D eigenvalue weighted by molar-refractivity contribution is 0.0366. The predicted molar refractivity (Wildman–Crippen MR) is 78.3 cm³/mol. The Labute approximate surface area is 115 Å². The molecule has 0 unspecified atom stereocenters. The lowest BCUT2D eigenvalue weighted by Crippen LogP contribution is -2.49. The van der Waals surface area contributed by atoms with Gasteiger partial charge in [0.2, 0.25) is 0 Å².